The number of nitrogens with zero attached hydrogens (tertiary/aromatic N) is 1. The fourth-order valence-electron chi connectivity index (χ4n) is 1.15. The van der Waals surface area contributed by atoms with Crippen LogP contribution in [0.3, 0.4) is 0 Å². The van der Waals surface area contributed by atoms with E-state index in [1.165, 1.54) is 0 Å². The van der Waals surface area contributed by atoms with Crippen molar-refractivity contribution in [2.24, 2.45) is 0 Å². The van der Waals surface area contributed by atoms with Crippen molar-refractivity contribution in [1.82, 2.24) is 0 Å². The predicted molar refractivity (Wildman–Crippen MR) is 56.2 cm³/mol. The van der Waals surface area contributed by atoms with Gasteiger partial charge in [-0.3, -0.25) is 0 Å². The van der Waals surface area contributed by atoms with Crippen LogP contribution in [0.2, 0.25) is 0 Å². The molecule has 1 aromatic rings. The zero-order valence-electron chi connectivity index (χ0n) is 8.64. The van der Waals surface area contributed by atoms with Gasteiger partial charge in [0.25, 0.3) is 0 Å². The fraction of sp³-hybridized carbons (Fsp3) is 0.364. The lowest BCUT2D eigenvalue weighted by atomic mass is 10.2. The van der Waals surface area contributed by atoms with E-state index >= 15 is 0 Å². The second-order valence-corrected chi connectivity index (χ2v) is 3.43. The van der Waals surface area contributed by atoms with E-state index in [0.29, 0.717) is 12.0 Å². The van der Waals surface area contributed by atoms with Crippen molar-refractivity contribution in [2.45, 2.75) is 25.3 Å². The highest BCUT2D eigenvalue weighted by Gasteiger charge is 2.16. The van der Waals surface area contributed by atoms with Gasteiger partial charge in [-0.05, 0) is 24.1 Å². The Bertz CT molecular complexity index is 394. The third kappa shape index (κ3) is 2.83. The van der Waals surface area contributed by atoms with E-state index in [1.807, 2.05) is 0 Å². The predicted octanol–water partition coefficient (Wildman–Crippen LogP) is 3.38. The van der Waals surface area contributed by atoms with E-state index in [0.717, 1.165) is 12.1 Å². The van der Waals surface area contributed by atoms with E-state index in [9.17, 15) is 8.78 Å². The first-order valence-electron chi connectivity index (χ1n) is 4.72. The summed E-state index contributed by atoms with van der Waals surface area (Å²) in [4.78, 5) is 0. The molecule has 1 rings (SSSR count). The lowest BCUT2D eigenvalue weighted by molar-refractivity contribution is 0.228. The molecule has 0 heterocycles. The average Bonchev–Trinajstić information content (AvgIpc) is 2.28. The summed E-state index contributed by atoms with van der Waals surface area (Å²) in [6.45, 7) is 1.69. The number of nitriles is 1. The Hall–Kier alpha value is -1.34. The Morgan fingerprint density at radius 1 is 1.44 bits per heavy atom. The number of hydrogen-bond donors (Lipinski definition) is 0. The van der Waals surface area contributed by atoms with Gasteiger partial charge in [0.05, 0.1) is 0 Å². The van der Waals surface area contributed by atoms with Gasteiger partial charge in [0.1, 0.15) is 6.07 Å². The molecule has 0 saturated heterocycles. The highest BCUT2D eigenvalue weighted by Crippen LogP contribution is 2.25. The Kier molecular flexibility index (Phi) is 4.51. The molecule has 1 atom stereocenters. The topological polar surface area (TPSA) is 33.0 Å². The van der Waals surface area contributed by atoms with Crippen molar-refractivity contribution in [3.05, 3.63) is 29.3 Å². The molecule has 0 aromatic heterocycles. The fourth-order valence-corrected chi connectivity index (χ4v) is 1.30. The summed E-state index contributed by atoms with van der Waals surface area (Å²) in [6.07, 6.45) is -0.502. The number of rotatable bonds is 4. The molecule has 0 aliphatic rings. The van der Waals surface area contributed by atoms with Gasteiger partial charge in [-0.15, -0.1) is 11.6 Å². The smallest absolute Gasteiger partial charge is 0.192 e. The first-order chi connectivity index (χ1) is 7.62. The summed E-state index contributed by atoms with van der Waals surface area (Å²) in [7, 11) is 0. The molecule has 0 bridgehead atoms. The van der Waals surface area contributed by atoms with Gasteiger partial charge in [0.15, 0.2) is 23.5 Å². The van der Waals surface area contributed by atoms with Crippen LogP contribution in [0.5, 0.6) is 5.75 Å². The van der Waals surface area contributed by atoms with Gasteiger partial charge in [-0.1, -0.05) is 6.92 Å². The molecule has 0 amide bonds. The highest BCUT2D eigenvalue weighted by molar-refractivity contribution is 6.17. The van der Waals surface area contributed by atoms with Crippen LogP contribution >= 0.6 is 11.6 Å². The Morgan fingerprint density at radius 2 is 2.00 bits per heavy atom. The number of hydrogen-bond acceptors (Lipinski definition) is 2. The first kappa shape index (κ1) is 12.7. The number of benzene rings is 1. The lowest BCUT2D eigenvalue weighted by Crippen LogP contribution is -2.14. The molecule has 1 unspecified atom stereocenters. The summed E-state index contributed by atoms with van der Waals surface area (Å²) < 4.78 is 31.7. The average molecular weight is 246 g/mol. The monoisotopic (exact) mass is 245 g/mol. The zero-order valence-corrected chi connectivity index (χ0v) is 9.39. The number of ether oxygens (including phenoxy) is 1. The van der Waals surface area contributed by atoms with E-state index in [4.69, 9.17) is 21.6 Å². The van der Waals surface area contributed by atoms with E-state index in [2.05, 4.69) is 0 Å². The maximum atomic E-state index is 13.4. The standard InChI is InChI=1S/C11H10ClF2NO/c1-2-8(6-15)16-11-9(13)3-7(5-12)4-10(11)14/h3-4,8H,2,5H2,1H3. The van der Waals surface area contributed by atoms with Crippen LogP contribution in [0.4, 0.5) is 8.78 Å². The maximum Gasteiger partial charge on any atom is 0.192 e. The molecular formula is C11H10ClF2NO. The van der Waals surface area contributed by atoms with Crippen molar-refractivity contribution in [1.29, 1.82) is 5.26 Å². The number of halogens is 3. The lowest BCUT2D eigenvalue weighted by Gasteiger charge is -2.12. The second kappa shape index (κ2) is 5.66. The van der Waals surface area contributed by atoms with Gasteiger partial charge in [-0.25, -0.2) is 8.78 Å². The summed E-state index contributed by atoms with van der Waals surface area (Å²) in [5.74, 6) is -2.19. The van der Waals surface area contributed by atoms with Crippen LogP contribution in [0.15, 0.2) is 12.1 Å². The van der Waals surface area contributed by atoms with Crippen molar-refractivity contribution in [3.8, 4) is 11.8 Å². The molecule has 0 saturated carbocycles. The molecule has 16 heavy (non-hydrogen) atoms. The molecule has 0 radical (unpaired) electrons. The molecule has 0 fully saturated rings. The van der Waals surface area contributed by atoms with Gasteiger partial charge in [0, 0.05) is 5.88 Å². The minimum absolute atomic E-state index is 0.0174. The Balaban J connectivity index is 3.01. The van der Waals surface area contributed by atoms with Crippen molar-refractivity contribution in [3.63, 3.8) is 0 Å². The van der Waals surface area contributed by atoms with E-state index < -0.39 is 23.5 Å². The van der Waals surface area contributed by atoms with Crippen LogP contribution in [-0.4, -0.2) is 6.10 Å². The Morgan fingerprint density at radius 3 is 2.38 bits per heavy atom. The van der Waals surface area contributed by atoms with Gasteiger partial charge in [-0.2, -0.15) is 5.26 Å². The SMILES string of the molecule is CCC(C#N)Oc1c(F)cc(CCl)cc1F. The van der Waals surface area contributed by atoms with E-state index in [1.54, 1.807) is 13.0 Å². The third-order valence-corrected chi connectivity index (χ3v) is 2.30. The summed E-state index contributed by atoms with van der Waals surface area (Å²) in [6, 6.07) is 3.99. The van der Waals surface area contributed by atoms with Crippen LogP contribution in [-0.2, 0) is 5.88 Å². The minimum Gasteiger partial charge on any atom is -0.469 e. The van der Waals surface area contributed by atoms with Crippen LogP contribution < -0.4 is 4.74 Å². The van der Waals surface area contributed by atoms with Gasteiger partial charge in [0.2, 0.25) is 0 Å². The molecular weight excluding hydrogens is 236 g/mol. The third-order valence-electron chi connectivity index (χ3n) is 1.99. The van der Waals surface area contributed by atoms with Gasteiger partial charge < -0.3 is 4.74 Å². The molecule has 0 N–H and O–H groups in total. The largest absolute Gasteiger partial charge is 0.469 e. The van der Waals surface area contributed by atoms with Gasteiger partial charge >= 0.3 is 0 Å². The quantitative estimate of drug-likeness (QED) is 0.762. The normalized spacial score (nSPS) is 11.9. The van der Waals surface area contributed by atoms with Crippen LogP contribution in [0.25, 0.3) is 0 Å². The first-order valence-corrected chi connectivity index (χ1v) is 5.26. The van der Waals surface area contributed by atoms with Crippen molar-refractivity contribution in [2.75, 3.05) is 0 Å². The molecule has 1 aromatic carbocycles. The molecule has 0 aliphatic carbocycles. The highest BCUT2D eigenvalue weighted by atomic mass is 35.5. The van der Waals surface area contributed by atoms with Crippen molar-refractivity contribution < 1.29 is 13.5 Å². The van der Waals surface area contributed by atoms with Crippen LogP contribution in [0, 0.1) is 23.0 Å². The summed E-state index contributed by atoms with van der Waals surface area (Å²) in [5, 5.41) is 8.63. The summed E-state index contributed by atoms with van der Waals surface area (Å²) in [5.41, 5.74) is 0.328. The Labute approximate surface area is 97.4 Å². The number of alkyl halides is 1. The molecule has 0 spiro atoms. The zero-order chi connectivity index (χ0) is 12.1. The molecule has 86 valence electrons. The molecule has 0 aliphatic heterocycles. The van der Waals surface area contributed by atoms with Crippen molar-refractivity contribution >= 4 is 11.6 Å². The maximum absolute atomic E-state index is 13.4. The molecule has 5 heteroatoms. The molecule has 2 nitrogen and oxygen atoms in total. The van der Waals surface area contributed by atoms with E-state index in [-0.39, 0.29) is 5.88 Å². The summed E-state index contributed by atoms with van der Waals surface area (Å²) >= 11 is 5.46. The second-order valence-electron chi connectivity index (χ2n) is 3.17. The minimum atomic E-state index is -0.856. The van der Waals surface area contributed by atoms with Crippen LogP contribution in [0.1, 0.15) is 18.9 Å².